The van der Waals surface area contributed by atoms with E-state index in [1.54, 1.807) is 7.05 Å². The van der Waals surface area contributed by atoms with Gasteiger partial charge in [-0.3, -0.25) is 4.99 Å². The fraction of sp³-hybridized carbons (Fsp3) is 0.688. The van der Waals surface area contributed by atoms with Crippen LogP contribution in [0.2, 0.25) is 10.2 Å². The smallest absolute Gasteiger partial charge is 0.191 e. The van der Waals surface area contributed by atoms with Crippen molar-refractivity contribution in [2.24, 2.45) is 18.0 Å². The quantitative estimate of drug-likeness (QED) is 0.627. The molecule has 2 N–H and O–H groups in total. The van der Waals surface area contributed by atoms with Crippen LogP contribution in [0.4, 0.5) is 0 Å². The third-order valence-corrected chi connectivity index (χ3v) is 5.33. The Hall–Kier alpha value is -0.910. The average molecular weight is 360 g/mol. The van der Waals surface area contributed by atoms with Gasteiger partial charge in [-0.25, -0.2) is 0 Å². The molecule has 1 saturated heterocycles. The second-order valence-corrected chi connectivity index (χ2v) is 6.81. The first-order chi connectivity index (χ1) is 11.0. The number of hydrogen-bond donors (Lipinski definition) is 2. The zero-order valence-electron chi connectivity index (χ0n) is 14.2. The van der Waals surface area contributed by atoms with E-state index in [4.69, 9.17) is 23.2 Å². The van der Waals surface area contributed by atoms with Gasteiger partial charge in [0, 0.05) is 32.9 Å². The van der Waals surface area contributed by atoms with E-state index in [1.807, 2.05) is 17.7 Å². The highest BCUT2D eigenvalue weighted by Crippen LogP contribution is 2.24. The fourth-order valence-corrected chi connectivity index (χ4v) is 3.42. The van der Waals surface area contributed by atoms with Gasteiger partial charge < -0.3 is 20.1 Å². The average Bonchev–Trinajstić information content (AvgIpc) is 2.82. The minimum atomic E-state index is 0.563. The number of nitrogens with zero attached hydrogens (tertiary/aromatic N) is 3. The monoisotopic (exact) mass is 359 g/mol. The highest BCUT2D eigenvalue weighted by molar-refractivity contribution is 6.41. The van der Waals surface area contributed by atoms with Crippen molar-refractivity contribution in [2.75, 3.05) is 33.2 Å². The summed E-state index contributed by atoms with van der Waals surface area (Å²) in [6.45, 7) is 7.35. The van der Waals surface area contributed by atoms with Crippen molar-refractivity contribution < 1.29 is 0 Å². The predicted octanol–water partition coefficient (Wildman–Crippen LogP) is 2.73. The molecule has 1 aromatic rings. The van der Waals surface area contributed by atoms with Gasteiger partial charge in [0.1, 0.15) is 5.15 Å². The lowest BCUT2D eigenvalue weighted by atomic mass is 9.98. The SMILES string of the molecule is CCN1CCCC(CNC(=NC)NCc2cc(Cl)c(Cl)n2C)C1. The molecule has 130 valence electrons. The van der Waals surface area contributed by atoms with E-state index in [-0.39, 0.29) is 0 Å². The Kier molecular flexibility index (Phi) is 7.06. The lowest BCUT2D eigenvalue weighted by molar-refractivity contribution is 0.183. The van der Waals surface area contributed by atoms with Crippen molar-refractivity contribution in [3.63, 3.8) is 0 Å². The minimum Gasteiger partial charge on any atom is -0.356 e. The molecule has 0 bridgehead atoms. The van der Waals surface area contributed by atoms with Crippen molar-refractivity contribution in [1.82, 2.24) is 20.1 Å². The third kappa shape index (κ3) is 5.03. The van der Waals surface area contributed by atoms with Gasteiger partial charge >= 0.3 is 0 Å². The highest BCUT2D eigenvalue weighted by Gasteiger charge is 2.18. The Balaban J connectivity index is 1.80. The number of piperidine rings is 1. The van der Waals surface area contributed by atoms with E-state index >= 15 is 0 Å². The summed E-state index contributed by atoms with van der Waals surface area (Å²) in [6.07, 6.45) is 2.57. The summed E-state index contributed by atoms with van der Waals surface area (Å²) in [5, 5.41) is 7.89. The molecule has 1 unspecified atom stereocenters. The van der Waals surface area contributed by atoms with Gasteiger partial charge in [-0.15, -0.1) is 0 Å². The topological polar surface area (TPSA) is 44.6 Å². The Labute approximate surface area is 149 Å². The van der Waals surface area contributed by atoms with Crippen molar-refractivity contribution in [2.45, 2.75) is 26.3 Å². The van der Waals surface area contributed by atoms with E-state index in [1.165, 1.54) is 25.9 Å². The molecule has 7 heteroatoms. The molecule has 0 radical (unpaired) electrons. The number of nitrogens with one attached hydrogen (secondary N) is 2. The molecule has 1 atom stereocenters. The Morgan fingerprint density at radius 1 is 1.39 bits per heavy atom. The number of rotatable bonds is 5. The van der Waals surface area contributed by atoms with Crippen molar-refractivity contribution >= 4 is 29.2 Å². The summed E-state index contributed by atoms with van der Waals surface area (Å²) in [6, 6.07) is 1.88. The van der Waals surface area contributed by atoms with Crippen LogP contribution in [0.1, 0.15) is 25.5 Å². The van der Waals surface area contributed by atoms with Crippen molar-refractivity contribution in [3.8, 4) is 0 Å². The van der Waals surface area contributed by atoms with Gasteiger partial charge in [0.05, 0.1) is 11.6 Å². The van der Waals surface area contributed by atoms with E-state index < -0.39 is 0 Å². The molecular formula is C16H27Cl2N5. The molecule has 1 aliphatic rings. The van der Waals surface area contributed by atoms with Crippen LogP contribution >= 0.6 is 23.2 Å². The van der Waals surface area contributed by atoms with Gasteiger partial charge in [-0.05, 0) is 37.9 Å². The number of halogens is 2. The van der Waals surface area contributed by atoms with Crippen LogP contribution in [-0.2, 0) is 13.6 Å². The molecule has 0 aromatic carbocycles. The zero-order valence-corrected chi connectivity index (χ0v) is 15.7. The van der Waals surface area contributed by atoms with Gasteiger partial charge in [0.2, 0.25) is 0 Å². The largest absolute Gasteiger partial charge is 0.356 e. The normalized spacial score (nSPS) is 19.9. The van der Waals surface area contributed by atoms with Crippen LogP contribution in [0.25, 0.3) is 0 Å². The van der Waals surface area contributed by atoms with Gasteiger partial charge in [-0.2, -0.15) is 0 Å². The van der Waals surface area contributed by atoms with E-state index in [0.717, 1.165) is 24.7 Å². The molecule has 2 rings (SSSR count). The maximum atomic E-state index is 6.09. The summed E-state index contributed by atoms with van der Waals surface area (Å²) >= 11 is 12.1. The van der Waals surface area contributed by atoms with Crippen LogP contribution in [0.15, 0.2) is 11.1 Å². The summed E-state index contributed by atoms with van der Waals surface area (Å²) in [4.78, 5) is 6.81. The zero-order chi connectivity index (χ0) is 16.8. The molecular weight excluding hydrogens is 333 g/mol. The van der Waals surface area contributed by atoms with Gasteiger partial charge in [-0.1, -0.05) is 30.1 Å². The van der Waals surface area contributed by atoms with Crippen molar-refractivity contribution in [3.05, 3.63) is 21.9 Å². The van der Waals surface area contributed by atoms with Crippen molar-refractivity contribution in [1.29, 1.82) is 0 Å². The van der Waals surface area contributed by atoms with Crippen LogP contribution < -0.4 is 10.6 Å². The second-order valence-electron chi connectivity index (χ2n) is 6.04. The number of hydrogen-bond acceptors (Lipinski definition) is 2. The summed E-state index contributed by atoms with van der Waals surface area (Å²) < 4.78 is 1.88. The molecule has 1 aromatic heterocycles. The first kappa shape index (κ1) is 18.4. The molecule has 0 aliphatic carbocycles. The molecule has 1 aliphatic heterocycles. The van der Waals surface area contributed by atoms with Gasteiger partial charge in [0.15, 0.2) is 5.96 Å². The maximum Gasteiger partial charge on any atom is 0.191 e. The summed E-state index contributed by atoms with van der Waals surface area (Å²) in [7, 11) is 3.70. The fourth-order valence-electron chi connectivity index (χ4n) is 3.00. The van der Waals surface area contributed by atoms with Gasteiger partial charge in [0.25, 0.3) is 0 Å². The number of aliphatic imine (C=N–C) groups is 1. The first-order valence-electron chi connectivity index (χ1n) is 8.21. The molecule has 0 spiro atoms. The van der Waals surface area contributed by atoms with E-state index in [2.05, 4.69) is 27.4 Å². The highest BCUT2D eigenvalue weighted by atomic mass is 35.5. The predicted molar refractivity (Wildman–Crippen MR) is 98.5 cm³/mol. The Morgan fingerprint density at radius 3 is 2.78 bits per heavy atom. The molecule has 2 heterocycles. The molecule has 23 heavy (non-hydrogen) atoms. The summed E-state index contributed by atoms with van der Waals surface area (Å²) in [5.74, 6) is 1.49. The van der Waals surface area contributed by atoms with E-state index in [0.29, 0.717) is 22.6 Å². The first-order valence-corrected chi connectivity index (χ1v) is 8.97. The second kappa shape index (κ2) is 8.81. The molecule has 5 nitrogen and oxygen atoms in total. The van der Waals surface area contributed by atoms with Crippen LogP contribution in [-0.4, -0.2) is 48.7 Å². The maximum absolute atomic E-state index is 6.09. The third-order valence-electron chi connectivity index (χ3n) is 4.48. The minimum absolute atomic E-state index is 0.563. The van der Waals surface area contributed by atoms with Crippen LogP contribution in [0, 0.1) is 5.92 Å². The number of aromatic nitrogens is 1. The lowest BCUT2D eigenvalue weighted by Gasteiger charge is -2.32. The number of likely N-dealkylation sites (tertiary alicyclic amines) is 1. The molecule has 1 fully saturated rings. The van der Waals surface area contributed by atoms with E-state index in [9.17, 15) is 0 Å². The standard InChI is InChI=1S/C16H27Cl2N5/c1-4-23-7-5-6-12(11-23)9-20-16(19-2)21-10-13-8-14(17)15(18)22(13)3/h8,12H,4-7,9-11H2,1-3H3,(H2,19,20,21). The Morgan fingerprint density at radius 2 is 2.17 bits per heavy atom. The lowest BCUT2D eigenvalue weighted by Crippen LogP contribution is -2.44. The Bertz CT molecular complexity index is 541. The molecule has 0 amide bonds. The summed E-state index contributed by atoms with van der Waals surface area (Å²) in [5.41, 5.74) is 1.03. The van der Waals surface area contributed by atoms with Crippen LogP contribution in [0.3, 0.4) is 0 Å². The molecule has 0 saturated carbocycles. The van der Waals surface area contributed by atoms with Crippen LogP contribution in [0.5, 0.6) is 0 Å². The number of guanidine groups is 1.